The predicted molar refractivity (Wildman–Crippen MR) is 125 cm³/mol. The van der Waals surface area contributed by atoms with Crippen molar-refractivity contribution < 1.29 is 13.2 Å². The smallest absolute Gasteiger partial charge is 0.250 e. The molecule has 0 spiro atoms. The van der Waals surface area contributed by atoms with Crippen LogP contribution >= 0.6 is 23.4 Å². The Kier molecular flexibility index (Phi) is 7.22. The largest absolute Gasteiger partial charge is 0.318 e. The number of nitrogens with two attached hydrogens (primary N) is 1. The number of aryl methyl sites for hydroxylation is 1. The number of nitrogens with one attached hydrogen (secondary N) is 1. The number of thioether (sulfide) groups is 1. The fourth-order valence-electron chi connectivity index (χ4n) is 2.99. The summed E-state index contributed by atoms with van der Waals surface area (Å²) in [5, 5.41) is 9.86. The number of carbonyl (C=O) groups excluding carboxylic acids is 1. The summed E-state index contributed by atoms with van der Waals surface area (Å²) < 4.78 is 24.9. The van der Waals surface area contributed by atoms with Gasteiger partial charge in [0, 0.05) is 32.6 Å². The first kappa shape index (κ1) is 23.1. The molecule has 1 aromatic heterocycles. The number of primary sulfonamides is 1. The van der Waals surface area contributed by atoms with E-state index < -0.39 is 10.0 Å². The van der Waals surface area contributed by atoms with Gasteiger partial charge in [-0.1, -0.05) is 11.6 Å². The number of amides is 1. The maximum Gasteiger partial charge on any atom is 0.250 e. The number of rotatable bonds is 7. The van der Waals surface area contributed by atoms with Gasteiger partial charge in [-0.2, -0.15) is 5.10 Å². The third-order valence-corrected chi connectivity index (χ3v) is 6.66. The molecular weight excluding hydrogens is 456 g/mol. The molecule has 0 aliphatic heterocycles. The number of hydrogen-bond acceptors (Lipinski definition) is 5. The summed E-state index contributed by atoms with van der Waals surface area (Å²) in [4.78, 5) is 13.0. The highest BCUT2D eigenvalue weighted by Gasteiger charge is 2.12. The second kappa shape index (κ2) is 9.69. The highest BCUT2D eigenvalue weighted by atomic mass is 35.5. The number of hydrogen-bond donors (Lipinski definition) is 2. The van der Waals surface area contributed by atoms with E-state index in [1.807, 2.05) is 36.6 Å². The maximum atomic E-state index is 12.0. The van der Waals surface area contributed by atoms with Gasteiger partial charge in [-0.3, -0.25) is 4.79 Å². The summed E-state index contributed by atoms with van der Waals surface area (Å²) in [6.45, 7) is 3.85. The Bertz CT molecular complexity index is 1220. The minimum Gasteiger partial charge on any atom is -0.318 e. The number of sulfonamides is 1. The topological polar surface area (TPSA) is 107 Å². The molecule has 1 amide bonds. The van der Waals surface area contributed by atoms with Gasteiger partial charge in [0.25, 0.3) is 0 Å². The first-order valence-electron chi connectivity index (χ1n) is 9.17. The summed E-state index contributed by atoms with van der Waals surface area (Å²) in [7, 11) is -3.74. The number of nitrogens with zero attached hydrogens (tertiary/aromatic N) is 2. The molecule has 0 radical (unpaired) electrons. The van der Waals surface area contributed by atoms with E-state index in [-0.39, 0.29) is 16.6 Å². The van der Waals surface area contributed by atoms with Gasteiger partial charge in [0.05, 0.1) is 16.9 Å². The lowest BCUT2D eigenvalue weighted by molar-refractivity contribution is -0.118. The van der Waals surface area contributed by atoms with Crippen molar-refractivity contribution in [2.45, 2.75) is 23.6 Å². The van der Waals surface area contributed by atoms with Crippen molar-refractivity contribution in [2.75, 3.05) is 5.75 Å². The van der Waals surface area contributed by atoms with Crippen molar-refractivity contribution in [3.63, 3.8) is 0 Å². The molecule has 0 aliphatic rings. The number of benzene rings is 2. The Morgan fingerprint density at radius 3 is 2.42 bits per heavy atom. The van der Waals surface area contributed by atoms with Crippen LogP contribution in [-0.4, -0.2) is 30.9 Å². The van der Waals surface area contributed by atoms with Crippen molar-refractivity contribution in [1.29, 1.82) is 0 Å². The summed E-state index contributed by atoms with van der Waals surface area (Å²) in [5.41, 5.74) is 5.99. The number of halogens is 1. The quantitative estimate of drug-likeness (QED) is 0.308. The first-order valence-corrected chi connectivity index (χ1v) is 12.1. The molecule has 31 heavy (non-hydrogen) atoms. The Hall–Kier alpha value is -2.59. The Labute approximate surface area is 190 Å². The molecule has 7 nitrogen and oxygen atoms in total. The third kappa shape index (κ3) is 5.98. The van der Waals surface area contributed by atoms with Gasteiger partial charge in [0.1, 0.15) is 0 Å². The Morgan fingerprint density at radius 1 is 1.16 bits per heavy atom. The third-order valence-electron chi connectivity index (χ3n) is 4.47. The van der Waals surface area contributed by atoms with E-state index in [2.05, 4.69) is 10.5 Å². The van der Waals surface area contributed by atoms with Crippen LogP contribution in [0.2, 0.25) is 5.02 Å². The van der Waals surface area contributed by atoms with Crippen LogP contribution < -0.4 is 10.6 Å². The summed E-state index contributed by atoms with van der Waals surface area (Å²) in [5.74, 6) is 0.0117. The molecule has 0 atom stereocenters. The normalized spacial score (nSPS) is 11.7. The molecule has 3 aromatic rings. The van der Waals surface area contributed by atoms with E-state index >= 15 is 0 Å². The summed E-state index contributed by atoms with van der Waals surface area (Å²) >= 11 is 7.24. The monoisotopic (exact) mass is 476 g/mol. The standard InChI is InChI=1S/C21H21ClN4O3S2/c1-14-11-16(12-24-25-21(27)13-30-19-7-3-17(22)4-8-19)15(2)26(14)18-5-9-20(10-6-18)31(23,28)29/h3-12H,13H2,1-2H3,(H,25,27)(H2,23,28,29)/b24-12-. The zero-order valence-corrected chi connectivity index (χ0v) is 19.3. The number of carbonyl (C=O) groups is 1. The van der Waals surface area contributed by atoms with E-state index in [1.54, 1.807) is 30.5 Å². The lowest BCUT2D eigenvalue weighted by atomic mass is 10.2. The van der Waals surface area contributed by atoms with Crippen LogP contribution in [0, 0.1) is 13.8 Å². The molecule has 1 heterocycles. The predicted octanol–water partition coefficient (Wildman–Crippen LogP) is 3.64. The fraction of sp³-hybridized carbons (Fsp3) is 0.143. The molecule has 3 N–H and O–H groups in total. The summed E-state index contributed by atoms with van der Waals surface area (Å²) in [6.07, 6.45) is 1.59. The Morgan fingerprint density at radius 2 is 1.81 bits per heavy atom. The average molecular weight is 477 g/mol. The zero-order chi connectivity index (χ0) is 22.6. The van der Waals surface area contributed by atoms with Crippen molar-refractivity contribution in [2.24, 2.45) is 10.2 Å². The minimum absolute atomic E-state index is 0.0553. The first-order chi connectivity index (χ1) is 14.6. The van der Waals surface area contributed by atoms with Crippen molar-refractivity contribution in [1.82, 2.24) is 9.99 Å². The molecule has 162 valence electrons. The highest BCUT2D eigenvalue weighted by molar-refractivity contribution is 8.00. The van der Waals surface area contributed by atoms with Crippen LogP contribution in [-0.2, 0) is 14.8 Å². The SMILES string of the molecule is Cc1cc(/C=N\NC(=O)CSc2ccc(Cl)cc2)c(C)n1-c1ccc(S(N)(=O)=O)cc1. The van der Waals surface area contributed by atoms with Crippen LogP contribution in [0.15, 0.2) is 69.5 Å². The molecule has 0 bridgehead atoms. The van der Waals surface area contributed by atoms with Crippen molar-refractivity contribution >= 4 is 45.5 Å². The highest BCUT2D eigenvalue weighted by Crippen LogP contribution is 2.22. The molecular formula is C21H21ClN4O3S2. The van der Waals surface area contributed by atoms with Gasteiger partial charge in [0.2, 0.25) is 15.9 Å². The lowest BCUT2D eigenvalue weighted by Gasteiger charge is -2.10. The van der Waals surface area contributed by atoms with Gasteiger partial charge >= 0.3 is 0 Å². The van der Waals surface area contributed by atoms with Crippen LogP contribution in [0.4, 0.5) is 0 Å². The van der Waals surface area contributed by atoms with Gasteiger partial charge in [-0.05, 0) is 68.4 Å². The van der Waals surface area contributed by atoms with Crippen molar-refractivity contribution in [3.8, 4) is 5.69 Å². The second-order valence-corrected chi connectivity index (χ2v) is 9.78. The van der Waals surface area contributed by atoms with E-state index in [9.17, 15) is 13.2 Å². The van der Waals surface area contributed by atoms with E-state index in [0.29, 0.717) is 5.02 Å². The minimum atomic E-state index is -3.74. The van der Waals surface area contributed by atoms with E-state index in [1.165, 1.54) is 23.9 Å². The number of aromatic nitrogens is 1. The van der Waals surface area contributed by atoms with Crippen molar-refractivity contribution in [3.05, 3.63) is 76.6 Å². The van der Waals surface area contributed by atoms with Gasteiger partial charge in [-0.25, -0.2) is 19.0 Å². The van der Waals surface area contributed by atoms with Crippen LogP contribution in [0.3, 0.4) is 0 Å². The second-order valence-electron chi connectivity index (χ2n) is 6.74. The lowest BCUT2D eigenvalue weighted by Crippen LogP contribution is -2.19. The molecule has 10 heteroatoms. The zero-order valence-electron chi connectivity index (χ0n) is 16.9. The van der Waals surface area contributed by atoms with Crippen LogP contribution in [0.25, 0.3) is 5.69 Å². The molecule has 2 aromatic carbocycles. The maximum absolute atomic E-state index is 12.0. The van der Waals surface area contributed by atoms with Gasteiger partial charge in [-0.15, -0.1) is 11.8 Å². The van der Waals surface area contributed by atoms with Crippen LogP contribution in [0.5, 0.6) is 0 Å². The fourth-order valence-corrected chi connectivity index (χ4v) is 4.32. The molecule has 0 aliphatic carbocycles. The van der Waals surface area contributed by atoms with E-state index in [0.717, 1.165) is 27.5 Å². The van der Waals surface area contributed by atoms with E-state index in [4.69, 9.17) is 16.7 Å². The summed E-state index contributed by atoms with van der Waals surface area (Å²) in [6, 6.07) is 15.5. The van der Waals surface area contributed by atoms with Gasteiger partial charge < -0.3 is 4.57 Å². The molecule has 0 saturated carbocycles. The van der Waals surface area contributed by atoms with Gasteiger partial charge in [0.15, 0.2) is 0 Å². The Balaban J connectivity index is 1.65. The average Bonchev–Trinajstić information content (AvgIpc) is 3.00. The molecule has 3 rings (SSSR count). The molecule has 0 fully saturated rings. The molecule has 0 saturated heterocycles. The number of hydrazone groups is 1. The molecule has 0 unspecified atom stereocenters. The van der Waals surface area contributed by atoms with Crippen LogP contribution in [0.1, 0.15) is 17.0 Å².